The summed E-state index contributed by atoms with van der Waals surface area (Å²) in [5, 5.41) is 3.29. The quantitative estimate of drug-likeness (QED) is 0.875. The van der Waals surface area contributed by atoms with Crippen molar-refractivity contribution in [1.29, 1.82) is 0 Å². The maximum atomic E-state index is 3.29. The lowest BCUT2D eigenvalue weighted by atomic mass is 10.2. The van der Waals surface area contributed by atoms with Crippen molar-refractivity contribution in [2.24, 2.45) is 0 Å². The van der Waals surface area contributed by atoms with E-state index < -0.39 is 0 Å². The first-order valence-corrected chi connectivity index (χ1v) is 7.17. The number of benzene rings is 2. The maximum Gasteiger partial charge on any atom is 0.0390 e. The van der Waals surface area contributed by atoms with Gasteiger partial charge in [0.25, 0.3) is 0 Å². The Morgan fingerprint density at radius 2 is 1.50 bits per heavy atom. The second kappa shape index (κ2) is 9.03. The van der Waals surface area contributed by atoms with Gasteiger partial charge in [0.2, 0.25) is 0 Å². The van der Waals surface area contributed by atoms with Crippen LogP contribution in [0.4, 0.5) is 11.4 Å². The number of aryl methyl sites for hydroxylation is 1. The van der Waals surface area contributed by atoms with Crippen molar-refractivity contribution in [3.63, 3.8) is 0 Å². The Labute approximate surface area is 123 Å². The predicted octanol–water partition coefficient (Wildman–Crippen LogP) is 4.57. The lowest BCUT2D eigenvalue weighted by Crippen LogP contribution is -2.09. The summed E-state index contributed by atoms with van der Waals surface area (Å²) in [4.78, 5) is 2.12. The van der Waals surface area contributed by atoms with Gasteiger partial charge in [-0.1, -0.05) is 43.3 Å². The molecule has 0 aliphatic carbocycles. The van der Waals surface area contributed by atoms with Gasteiger partial charge in [0.15, 0.2) is 0 Å². The number of nitrogens with one attached hydrogen (secondary N) is 1. The van der Waals surface area contributed by atoms with E-state index >= 15 is 0 Å². The maximum absolute atomic E-state index is 3.29. The number of anilines is 2. The molecule has 2 heteroatoms. The summed E-state index contributed by atoms with van der Waals surface area (Å²) in [6.45, 7) is 5.34. The second-order valence-electron chi connectivity index (χ2n) is 4.97. The van der Waals surface area contributed by atoms with E-state index in [0.29, 0.717) is 0 Å². The molecule has 0 bridgehead atoms. The Bertz CT molecular complexity index is 478. The first-order chi connectivity index (χ1) is 9.65. The molecule has 108 valence electrons. The summed E-state index contributed by atoms with van der Waals surface area (Å²) in [6.07, 6.45) is 1.18. The summed E-state index contributed by atoms with van der Waals surface area (Å²) in [7, 11) is 4.12. The molecule has 0 aliphatic heterocycles. The van der Waals surface area contributed by atoms with Crippen LogP contribution in [0.25, 0.3) is 0 Å². The fourth-order valence-electron chi connectivity index (χ4n) is 1.89. The normalized spacial score (nSPS) is 9.40. The zero-order valence-corrected chi connectivity index (χ0v) is 13.1. The van der Waals surface area contributed by atoms with E-state index in [4.69, 9.17) is 0 Å². The van der Waals surface area contributed by atoms with Gasteiger partial charge in [-0.2, -0.15) is 0 Å². The molecule has 0 heterocycles. The highest BCUT2D eigenvalue weighted by atomic mass is 15.1. The predicted molar refractivity (Wildman–Crippen MR) is 90.7 cm³/mol. The van der Waals surface area contributed by atoms with Crippen LogP contribution in [0.2, 0.25) is 0 Å². The Balaban J connectivity index is 0.000000200. The molecule has 2 aromatic rings. The molecule has 2 aromatic carbocycles. The summed E-state index contributed by atoms with van der Waals surface area (Å²) < 4.78 is 0. The van der Waals surface area contributed by atoms with Crippen LogP contribution in [-0.4, -0.2) is 20.6 Å². The third-order valence-corrected chi connectivity index (χ3v) is 2.95. The highest BCUT2D eigenvalue weighted by molar-refractivity contribution is 5.51. The van der Waals surface area contributed by atoms with Crippen LogP contribution in [0.1, 0.15) is 18.9 Å². The molecule has 0 aliphatic rings. The molecule has 2 rings (SSSR count). The summed E-state index contributed by atoms with van der Waals surface area (Å²) in [6, 6.07) is 18.6. The number of nitrogens with zero attached hydrogens (tertiary/aromatic N) is 1. The molecule has 0 saturated carbocycles. The van der Waals surface area contributed by atoms with Crippen molar-refractivity contribution in [3.8, 4) is 0 Å². The highest BCUT2D eigenvalue weighted by Crippen LogP contribution is 2.15. The Kier molecular flexibility index (Phi) is 7.26. The van der Waals surface area contributed by atoms with Crippen LogP contribution in [0, 0.1) is 6.92 Å². The summed E-state index contributed by atoms with van der Waals surface area (Å²) in [5.74, 6) is 0. The van der Waals surface area contributed by atoms with Crippen molar-refractivity contribution in [3.05, 3.63) is 60.2 Å². The summed E-state index contributed by atoms with van der Waals surface area (Å²) >= 11 is 0. The molecular formula is C18H26N2. The van der Waals surface area contributed by atoms with Gasteiger partial charge in [-0.3, -0.25) is 0 Å². The number of para-hydroxylation sites is 2. The zero-order chi connectivity index (χ0) is 14.8. The van der Waals surface area contributed by atoms with Crippen LogP contribution < -0.4 is 10.2 Å². The number of hydrogen-bond donors (Lipinski definition) is 1. The monoisotopic (exact) mass is 270 g/mol. The minimum Gasteiger partial charge on any atom is -0.385 e. The SMILES string of the molecule is CCCNc1ccccc1.Cc1ccccc1N(C)C. The van der Waals surface area contributed by atoms with Gasteiger partial charge in [-0.15, -0.1) is 0 Å². The average molecular weight is 270 g/mol. The molecule has 1 N–H and O–H groups in total. The van der Waals surface area contributed by atoms with Gasteiger partial charge in [-0.05, 0) is 37.1 Å². The van der Waals surface area contributed by atoms with E-state index in [9.17, 15) is 0 Å². The largest absolute Gasteiger partial charge is 0.385 e. The van der Waals surface area contributed by atoms with E-state index in [1.807, 2.05) is 18.2 Å². The van der Waals surface area contributed by atoms with Crippen molar-refractivity contribution < 1.29 is 0 Å². The van der Waals surface area contributed by atoms with Crippen LogP contribution >= 0.6 is 0 Å². The molecule has 0 fully saturated rings. The molecule has 0 unspecified atom stereocenters. The van der Waals surface area contributed by atoms with Crippen LogP contribution in [0.5, 0.6) is 0 Å². The highest BCUT2D eigenvalue weighted by Gasteiger charge is 1.95. The molecule has 20 heavy (non-hydrogen) atoms. The van der Waals surface area contributed by atoms with Gasteiger partial charge in [0.1, 0.15) is 0 Å². The van der Waals surface area contributed by atoms with E-state index in [0.717, 1.165) is 6.54 Å². The van der Waals surface area contributed by atoms with Crippen LogP contribution in [0.15, 0.2) is 54.6 Å². The standard InChI is InChI=1S/2C9H13N/c1-8-6-4-5-7-9(8)10(2)3;1-2-8-10-9-6-4-3-5-7-9/h4-7H,1-3H3;3-7,10H,2,8H2,1H3. The average Bonchev–Trinajstić information content (AvgIpc) is 2.47. The third-order valence-electron chi connectivity index (χ3n) is 2.95. The lowest BCUT2D eigenvalue weighted by molar-refractivity contribution is 0.980. The molecular weight excluding hydrogens is 244 g/mol. The number of rotatable bonds is 4. The second-order valence-corrected chi connectivity index (χ2v) is 4.97. The first kappa shape index (κ1) is 16.1. The lowest BCUT2D eigenvalue weighted by Gasteiger charge is -2.14. The van der Waals surface area contributed by atoms with E-state index in [1.165, 1.54) is 23.4 Å². The smallest absolute Gasteiger partial charge is 0.0390 e. The van der Waals surface area contributed by atoms with Crippen molar-refractivity contribution >= 4 is 11.4 Å². The first-order valence-electron chi connectivity index (χ1n) is 7.17. The molecule has 0 saturated heterocycles. The molecule has 0 radical (unpaired) electrons. The third kappa shape index (κ3) is 5.79. The Hall–Kier alpha value is -1.96. The van der Waals surface area contributed by atoms with Gasteiger partial charge in [0, 0.05) is 32.0 Å². The number of hydrogen-bond acceptors (Lipinski definition) is 2. The van der Waals surface area contributed by atoms with Gasteiger partial charge < -0.3 is 10.2 Å². The van der Waals surface area contributed by atoms with E-state index in [2.05, 4.69) is 74.6 Å². The Morgan fingerprint density at radius 1 is 0.900 bits per heavy atom. The molecule has 0 atom stereocenters. The fourth-order valence-corrected chi connectivity index (χ4v) is 1.89. The molecule has 0 spiro atoms. The van der Waals surface area contributed by atoms with Gasteiger partial charge in [0.05, 0.1) is 0 Å². The Morgan fingerprint density at radius 3 is 2.00 bits per heavy atom. The van der Waals surface area contributed by atoms with Crippen molar-refractivity contribution in [2.75, 3.05) is 30.9 Å². The summed E-state index contributed by atoms with van der Waals surface area (Å²) in [5.41, 5.74) is 3.83. The van der Waals surface area contributed by atoms with Crippen molar-refractivity contribution in [2.45, 2.75) is 20.3 Å². The van der Waals surface area contributed by atoms with Gasteiger partial charge in [-0.25, -0.2) is 0 Å². The topological polar surface area (TPSA) is 15.3 Å². The van der Waals surface area contributed by atoms with Gasteiger partial charge >= 0.3 is 0 Å². The zero-order valence-electron chi connectivity index (χ0n) is 13.1. The van der Waals surface area contributed by atoms with E-state index in [-0.39, 0.29) is 0 Å². The van der Waals surface area contributed by atoms with Crippen molar-refractivity contribution in [1.82, 2.24) is 0 Å². The fraction of sp³-hybridized carbons (Fsp3) is 0.333. The minimum absolute atomic E-state index is 1.06. The molecule has 2 nitrogen and oxygen atoms in total. The minimum atomic E-state index is 1.06. The van der Waals surface area contributed by atoms with E-state index in [1.54, 1.807) is 0 Å². The molecule has 0 aromatic heterocycles. The van der Waals surface area contributed by atoms with Crippen LogP contribution in [0.3, 0.4) is 0 Å². The molecule has 0 amide bonds. The van der Waals surface area contributed by atoms with Crippen LogP contribution in [-0.2, 0) is 0 Å².